The Morgan fingerprint density at radius 1 is 1.00 bits per heavy atom. The molecule has 2 heterocycles. The number of aromatic amines is 1. The Bertz CT molecular complexity index is 1250. The summed E-state index contributed by atoms with van der Waals surface area (Å²) in [4.78, 5) is 15.3. The fourth-order valence-corrected chi connectivity index (χ4v) is 4.30. The van der Waals surface area contributed by atoms with Gasteiger partial charge < -0.3 is 19.6 Å². The van der Waals surface area contributed by atoms with Gasteiger partial charge in [0.25, 0.3) is 0 Å². The first kappa shape index (κ1) is 20.2. The molecule has 6 nitrogen and oxygen atoms in total. The first-order valence-electron chi connectivity index (χ1n) is 10.6. The number of aliphatic carboxylic acids is 1. The topological polar surface area (TPSA) is 83.6 Å². The highest BCUT2D eigenvalue weighted by molar-refractivity contribution is 5.87. The Balaban J connectivity index is 1.38. The second-order valence-corrected chi connectivity index (χ2v) is 7.96. The van der Waals surface area contributed by atoms with Crippen LogP contribution in [0, 0.1) is 0 Å². The predicted molar refractivity (Wildman–Crippen MR) is 122 cm³/mol. The highest BCUT2D eigenvalue weighted by Crippen LogP contribution is 2.35. The minimum absolute atomic E-state index is 0.233. The van der Waals surface area contributed by atoms with Crippen LogP contribution >= 0.6 is 0 Å². The van der Waals surface area contributed by atoms with Gasteiger partial charge in [0.05, 0.1) is 13.2 Å². The molecule has 0 fully saturated rings. The van der Waals surface area contributed by atoms with Crippen LogP contribution in [0.25, 0.3) is 10.9 Å². The average molecular weight is 428 g/mol. The van der Waals surface area contributed by atoms with E-state index in [0.29, 0.717) is 13.0 Å². The number of aromatic nitrogens is 1. The van der Waals surface area contributed by atoms with Gasteiger partial charge in [-0.2, -0.15) is 0 Å². The lowest BCUT2D eigenvalue weighted by atomic mass is 9.90. The number of H-pyrrole nitrogens is 1. The summed E-state index contributed by atoms with van der Waals surface area (Å²) in [7, 11) is 1.64. The number of benzene rings is 3. The van der Waals surface area contributed by atoms with E-state index in [-0.39, 0.29) is 6.04 Å². The molecule has 5 rings (SSSR count). The van der Waals surface area contributed by atoms with Crippen molar-refractivity contribution in [2.24, 2.45) is 0 Å². The lowest BCUT2D eigenvalue weighted by molar-refractivity contribution is -0.139. The van der Waals surface area contributed by atoms with Crippen LogP contribution in [0.4, 0.5) is 0 Å². The maximum Gasteiger partial charge on any atom is 0.321 e. The van der Waals surface area contributed by atoms with Crippen molar-refractivity contribution in [2.75, 3.05) is 7.11 Å². The molecule has 3 N–H and O–H groups in total. The third-order valence-corrected chi connectivity index (χ3v) is 5.99. The smallest absolute Gasteiger partial charge is 0.321 e. The second kappa shape index (κ2) is 8.40. The summed E-state index contributed by atoms with van der Waals surface area (Å²) in [5.41, 5.74) is 5.15. The van der Waals surface area contributed by atoms with Crippen molar-refractivity contribution in [2.45, 2.75) is 25.1 Å². The molecule has 3 aromatic carbocycles. The molecule has 1 aliphatic heterocycles. The van der Waals surface area contributed by atoms with E-state index in [1.54, 1.807) is 7.11 Å². The zero-order valence-corrected chi connectivity index (χ0v) is 17.7. The third-order valence-electron chi connectivity index (χ3n) is 5.99. The van der Waals surface area contributed by atoms with E-state index in [1.807, 2.05) is 72.8 Å². The van der Waals surface area contributed by atoms with Gasteiger partial charge in [-0.05, 0) is 47.0 Å². The largest absolute Gasteiger partial charge is 0.497 e. The van der Waals surface area contributed by atoms with E-state index in [1.165, 1.54) is 0 Å². The maximum absolute atomic E-state index is 11.8. The van der Waals surface area contributed by atoms with Gasteiger partial charge in [0, 0.05) is 23.0 Å². The summed E-state index contributed by atoms with van der Waals surface area (Å²) >= 11 is 0. The number of para-hydroxylation sites is 1. The molecule has 2 atom stereocenters. The number of hydrogen-bond acceptors (Lipinski definition) is 4. The summed E-state index contributed by atoms with van der Waals surface area (Å²) < 4.78 is 11.1. The molecular formula is C26H24N2O4. The molecule has 0 bridgehead atoms. The van der Waals surface area contributed by atoms with Crippen molar-refractivity contribution >= 4 is 16.9 Å². The first-order valence-corrected chi connectivity index (χ1v) is 10.6. The first-order chi connectivity index (χ1) is 15.6. The fourth-order valence-electron chi connectivity index (χ4n) is 4.30. The summed E-state index contributed by atoms with van der Waals surface area (Å²) in [6.45, 7) is 0.457. The van der Waals surface area contributed by atoms with Crippen LogP contribution in [0.5, 0.6) is 11.5 Å². The van der Waals surface area contributed by atoms with E-state index in [9.17, 15) is 9.90 Å². The van der Waals surface area contributed by atoms with Crippen LogP contribution in [-0.2, 0) is 17.8 Å². The van der Waals surface area contributed by atoms with E-state index < -0.39 is 12.0 Å². The zero-order chi connectivity index (χ0) is 22.1. The van der Waals surface area contributed by atoms with E-state index in [4.69, 9.17) is 9.47 Å². The van der Waals surface area contributed by atoms with Crippen LogP contribution in [-0.4, -0.2) is 29.2 Å². The SMILES string of the molecule is COc1ccc(COc2ccc(C3NC(C(=O)O)Cc4c3[nH]c3ccccc43)cc2)cc1. The van der Waals surface area contributed by atoms with Crippen molar-refractivity contribution in [1.82, 2.24) is 10.3 Å². The molecule has 6 heteroatoms. The molecule has 0 radical (unpaired) electrons. The summed E-state index contributed by atoms with van der Waals surface area (Å²) in [5.74, 6) is 0.728. The predicted octanol–water partition coefficient (Wildman–Crippen LogP) is 4.44. The molecular weight excluding hydrogens is 404 g/mol. The van der Waals surface area contributed by atoms with Crippen molar-refractivity contribution < 1.29 is 19.4 Å². The van der Waals surface area contributed by atoms with Crippen LogP contribution in [0.1, 0.15) is 28.4 Å². The molecule has 0 amide bonds. The molecule has 0 spiro atoms. The standard InChI is InChI=1S/C26H24N2O4/c1-31-18-10-6-16(7-11-18)15-32-19-12-8-17(9-13-19)24-25-21(14-23(28-24)26(29)30)20-4-2-3-5-22(20)27-25/h2-13,23-24,27-28H,14-15H2,1H3,(H,29,30). The number of nitrogens with one attached hydrogen (secondary N) is 2. The van der Waals surface area contributed by atoms with Gasteiger partial charge >= 0.3 is 5.97 Å². The van der Waals surface area contributed by atoms with Crippen molar-refractivity contribution in [3.8, 4) is 11.5 Å². The number of carboxylic acids is 1. The molecule has 1 aliphatic rings. The number of rotatable bonds is 6. The van der Waals surface area contributed by atoms with Crippen molar-refractivity contribution in [3.05, 3.63) is 95.2 Å². The van der Waals surface area contributed by atoms with Gasteiger partial charge in [0.2, 0.25) is 0 Å². The van der Waals surface area contributed by atoms with Gasteiger partial charge in [-0.3, -0.25) is 10.1 Å². The van der Waals surface area contributed by atoms with E-state index in [0.717, 1.165) is 44.8 Å². The fraction of sp³-hybridized carbons (Fsp3) is 0.192. The van der Waals surface area contributed by atoms with Crippen molar-refractivity contribution in [3.63, 3.8) is 0 Å². The highest BCUT2D eigenvalue weighted by Gasteiger charge is 2.33. The molecule has 0 aliphatic carbocycles. The van der Waals surface area contributed by atoms with Gasteiger partial charge in [0.15, 0.2) is 0 Å². The molecule has 2 unspecified atom stereocenters. The number of carboxylic acid groups (broad SMARTS) is 1. The Labute approximate surface area is 185 Å². The van der Waals surface area contributed by atoms with E-state index >= 15 is 0 Å². The normalized spacial score (nSPS) is 17.7. The minimum Gasteiger partial charge on any atom is -0.497 e. The summed E-state index contributed by atoms with van der Waals surface area (Å²) in [5, 5.41) is 14.1. The molecule has 0 saturated heterocycles. The Kier molecular flexibility index (Phi) is 5.29. The monoisotopic (exact) mass is 428 g/mol. The maximum atomic E-state index is 11.8. The molecule has 162 valence electrons. The Hall–Kier alpha value is -3.77. The summed E-state index contributed by atoms with van der Waals surface area (Å²) in [6, 6.07) is 22.8. The number of hydrogen-bond donors (Lipinski definition) is 3. The lowest BCUT2D eigenvalue weighted by Crippen LogP contribution is -2.44. The quantitative estimate of drug-likeness (QED) is 0.423. The molecule has 1 aromatic heterocycles. The third kappa shape index (κ3) is 3.81. The van der Waals surface area contributed by atoms with Crippen LogP contribution < -0.4 is 14.8 Å². The van der Waals surface area contributed by atoms with Gasteiger partial charge in [-0.1, -0.05) is 42.5 Å². The molecule has 32 heavy (non-hydrogen) atoms. The minimum atomic E-state index is -0.842. The Morgan fingerprint density at radius 3 is 2.44 bits per heavy atom. The van der Waals surface area contributed by atoms with Gasteiger partial charge in [-0.25, -0.2) is 0 Å². The lowest BCUT2D eigenvalue weighted by Gasteiger charge is -2.29. The second-order valence-electron chi connectivity index (χ2n) is 7.96. The van der Waals surface area contributed by atoms with Crippen LogP contribution in [0.3, 0.4) is 0 Å². The van der Waals surface area contributed by atoms with E-state index in [2.05, 4.69) is 10.3 Å². The summed E-state index contributed by atoms with van der Waals surface area (Å²) in [6.07, 6.45) is 0.453. The van der Waals surface area contributed by atoms with Gasteiger partial charge in [-0.15, -0.1) is 0 Å². The van der Waals surface area contributed by atoms with Crippen molar-refractivity contribution in [1.29, 1.82) is 0 Å². The van der Waals surface area contributed by atoms with Crippen LogP contribution in [0.15, 0.2) is 72.8 Å². The Morgan fingerprint density at radius 2 is 1.72 bits per heavy atom. The van der Waals surface area contributed by atoms with Crippen LogP contribution in [0.2, 0.25) is 0 Å². The molecule has 4 aromatic rings. The zero-order valence-electron chi connectivity index (χ0n) is 17.7. The van der Waals surface area contributed by atoms with Gasteiger partial charge in [0.1, 0.15) is 24.1 Å². The molecule has 0 saturated carbocycles. The highest BCUT2D eigenvalue weighted by atomic mass is 16.5. The number of fused-ring (bicyclic) bond motifs is 3. The number of ether oxygens (including phenoxy) is 2. The number of carbonyl (C=O) groups is 1. The average Bonchev–Trinajstić information content (AvgIpc) is 3.21. The number of methoxy groups -OCH3 is 1.